The fourth-order valence-electron chi connectivity index (χ4n) is 1.79. The Kier molecular flexibility index (Phi) is 5.77. The van der Waals surface area contributed by atoms with E-state index in [1.165, 1.54) is 18.2 Å². The highest BCUT2D eigenvalue weighted by atomic mass is 35.5. The molecule has 0 aliphatic rings. The quantitative estimate of drug-likeness (QED) is 0.323. The van der Waals surface area contributed by atoms with Gasteiger partial charge >= 0.3 is 5.97 Å². The standard InChI is InChI=1S/C15H8Cl3NO5/c16-8-1-3-10(12(17)5-8)14(20)7-24-15(21)11-4-2-9(19(22)23)6-13(11)18/h1-6H,7H2. The Balaban J connectivity index is 2.07. The number of carbonyl (C=O) groups is 2. The van der Waals surface area contributed by atoms with Crippen molar-refractivity contribution in [2.24, 2.45) is 0 Å². The predicted molar refractivity (Wildman–Crippen MR) is 89.2 cm³/mol. The third-order valence-electron chi connectivity index (χ3n) is 2.95. The van der Waals surface area contributed by atoms with Gasteiger partial charge in [-0.25, -0.2) is 4.79 Å². The highest BCUT2D eigenvalue weighted by molar-refractivity contribution is 6.37. The molecule has 2 aromatic carbocycles. The molecule has 0 saturated carbocycles. The van der Waals surface area contributed by atoms with Gasteiger partial charge in [0.05, 0.1) is 20.5 Å². The van der Waals surface area contributed by atoms with Gasteiger partial charge in [0.15, 0.2) is 6.61 Å². The van der Waals surface area contributed by atoms with E-state index in [0.717, 1.165) is 18.2 Å². The number of benzene rings is 2. The van der Waals surface area contributed by atoms with Gasteiger partial charge in [-0.3, -0.25) is 14.9 Å². The molecule has 6 nitrogen and oxygen atoms in total. The Morgan fingerprint density at radius 1 is 1.00 bits per heavy atom. The van der Waals surface area contributed by atoms with Gasteiger partial charge in [-0.1, -0.05) is 34.8 Å². The topological polar surface area (TPSA) is 86.5 Å². The molecule has 0 aliphatic carbocycles. The molecule has 24 heavy (non-hydrogen) atoms. The number of carbonyl (C=O) groups excluding carboxylic acids is 2. The van der Waals surface area contributed by atoms with Gasteiger partial charge in [0.1, 0.15) is 0 Å². The molecule has 124 valence electrons. The smallest absolute Gasteiger partial charge is 0.340 e. The number of rotatable bonds is 5. The number of non-ortho nitro benzene ring substituents is 1. The zero-order valence-electron chi connectivity index (χ0n) is 11.8. The van der Waals surface area contributed by atoms with Crippen LogP contribution in [0.4, 0.5) is 5.69 Å². The van der Waals surface area contributed by atoms with Crippen LogP contribution in [0.15, 0.2) is 36.4 Å². The lowest BCUT2D eigenvalue weighted by molar-refractivity contribution is -0.384. The van der Waals surface area contributed by atoms with Gasteiger partial charge in [0, 0.05) is 22.7 Å². The summed E-state index contributed by atoms with van der Waals surface area (Å²) >= 11 is 17.5. The summed E-state index contributed by atoms with van der Waals surface area (Å²) in [4.78, 5) is 33.9. The van der Waals surface area contributed by atoms with Gasteiger partial charge in [0.25, 0.3) is 5.69 Å². The monoisotopic (exact) mass is 387 g/mol. The van der Waals surface area contributed by atoms with Crippen molar-refractivity contribution in [2.45, 2.75) is 0 Å². The maximum absolute atomic E-state index is 12.0. The minimum atomic E-state index is -0.881. The summed E-state index contributed by atoms with van der Waals surface area (Å²) in [6, 6.07) is 7.58. The lowest BCUT2D eigenvalue weighted by Crippen LogP contribution is -2.15. The van der Waals surface area contributed by atoms with Crippen molar-refractivity contribution in [1.82, 2.24) is 0 Å². The molecule has 0 saturated heterocycles. The van der Waals surface area contributed by atoms with Crippen molar-refractivity contribution >= 4 is 52.2 Å². The Morgan fingerprint density at radius 3 is 2.21 bits per heavy atom. The number of hydrogen-bond donors (Lipinski definition) is 0. The number of nitro benzene ring substituents is 1. The molecule has 0 aromatic heterocycles. The van der Waals surface area contributed by atoms with E-state index < -0.39 is 23.3 Å². The molecule has 2 rings (SSSR count). The van der Waals surface area contributed by atoms with Crippen molar-refractivity contribution < 1.29 is 19.2 Å². The molecule has 0 spiro atoms. The summed E-state index contributed by atoms with van der Waals surface area (Å²) in [6.07, 6.45) is 0. The molecule has 9 heteroatoms. The molecule has 2 aromatic rings. The van der Waals surface area contributed by atoms with Crippen LogP contribution in [0, 0.1) is 10.1 Å². The Hall–Kier alpha value is -2.15. The maximum Gasteiger partial charge on any atom is 0.340 e. The van der Waals surface area contributed by atoms with E-state index in [0.29, 0.717) is 5.02 Å². The van der Waals surface area contributed by atoms with E-state index in [4.69, 9.17) is 39.5 Å². The largest absolute Gasteiger partial charge is 0.454 e. The summed E-state index contributed by atoms with van der Waals surface area (Å²) in [5, 5.41) is 11.0. The number of nitro groups is 1. The molecular formula is C15H8Cl3NO5. The minimum absolute atomic E-state index is 0.0859. The van der Waals surface area contributed by atoms with E-state index in [2.05, 4.69) is 0 Å². The third kappa shape index (κ3) is 4.23. The number of Topliss-reactive ketones (excluding diaryl/α,β-unsaturated/α-hetero) is 1. The fourth-order valence-corrected chi connectivity index (χ4v) is 2.55. The molecule has 0 unspecified atom stereocenters. The number of ether oxygens (including phenoxy) is 1. The molecule has 0 aliphatic heterocycles. The zero-order valence-corrected chi connectivity index (χ0v) is 14.1. The lowest BCUT2D eigenvalue weighted by Gasteiger charge is -2.07. The summed E-state index contributed by atoms with van der Waals surface area (Å²) < 4.78 is 4.88. The van der Waals surface area contributed by atoms with Crippen LogP contribution in [-0.2, 0) is 4.74 Å². The van der Waals surface area contributed by atoms with Crippen molar-refractivity contribution in [1.29, 1.82) is 0 Å². The minimum Gasteiger partial charge on any atom is -0.454 e. The van der Waals surface area contributed by atoms with Crippen molar-refractivity contribution in [2.75, 3.05) is 6.61 Å². The highest BCUT2D eigenvalue weighted by Crippen LogP contribution is 2.24. The van der Waals surface area contributed by atoms with Gasteiger partial charge in [-0.05, 0) is 24.3 Å². The SMILES string of the molecule is O=C(COC(=O)c1ccc([N+](=O)[O-])cc1Cl)c1ccc(Cl)cc1Cl. The highest BCUT2D eigenvalue weighted by Gasteiger charge is 2.18. The molecule has 0 radical (unpaired) electrons. The molecule has 0 atom stereocenters. The first kappa shape index (κ1) is 18.2. The summed E-state index contributed by atoms with van der Waals surface area (Å²) in [5.74, 6) is -1.41. The van der Waals surface area contributed by atoms with Crippen LogP contribution in [0.1, 0.15) is 20.7 Å². The number of hydrogen-bond acceptors (Lipinski definition) is 5. The van der Waals surface area contributed by atoms with Gasteiger partial charge in [0.2, 0.25) is 5.78 Å². The van der Waals surface area contributed by atoms with Gasteiger partial charge in [-0.15, -0.1) is 0 Å². The summed E-state index contributed by atoms with van der Waals surface area (Å²) in [6.45, 7) is -0.562. The van der Waals surface area contributed by atoms with Crippen LogP contribution in [0.5, 0.6) is 0 Å². The van der Waals surface area contributed by atoms with Gasteiger partial charge in [-0.2, -0.15) is 0 Å². The second-order valence-electron chi connectivity index (χ2n) is 4.54. The molecular weight excluding hydrogens is 381 g/mol. The zero-order chi connectivity index (χ0) is 17.9. The molecule has 0 heterocycles. The molecule has 0 N–H and O–H groups in total. The first-order valence-electron chi connectivity index (χ1n) is 6.39. The van der Waals surface area contributed by atoms with Crippen molar-refractivity contribution in [3.05, 3.63) is 72.7 Å². The van der Waals surface area contributed by atoms with Crippen LogP contribution in [0.25, 0.3) is 0 Å². The maximum atomic E-state index is 12.0. The van der Waals surface area contributed by atoms with E-state index in [1.54, 1.807) is 0 Å². The Bertz CT molecular complexity index is 838. The average molecular weight is 389 g/mol. The number of nitrogens with zero attached hydrogens (tertiary/aromatic N) is 1. The first-order valence-corrected chi connectivity index (χ1v) is 7.52. The van der Waals surface area contributed by atoms with E-state index >= 15 is 0 Å². The average Bonchev–Trinajstić information content (AvgIpc) is 2.52. The predicted octanol–water partition coefficient (Wildman–Crippen LogP) is 4.59. The molecule has 0 fully saturated rings. The Labute approximate surface area is 151 Å². The second kappa shape index (κ2) is 7.61. The van der Waals surface area contributed by atoms with E-state index in [-0.39, 0.29) is 26.9 Å². The van der Waals surface area contributed by atoms with Crippen LogP contribution >= 0.6 is 34.8 Å². The van der Waals surface area contributed by atoms with Crippen LogP contribution in [-0.4, -0.2) is 23.3 Å². The Morgan fingerprint density at radius 2 is 1.62 bits per heavy atom. The van der Waals surface area contributed by atoms with Gasteiger partial charge < -0.3 is 4.74 Å². The number of halogens is 3. The van der Waals surface area contributed by atoms with Crippen LogP contribution in [0.2, 0.25) is 15.1 Å². The van der Waals surface area contributed by atoms with Crippen molar-refractivity contribution in [3.63, 3.8) is 0 Å². The van der Waals surface area contributed by atoms with Crippen LogP contribution in [0.3, 0.4) is 0 Å². The summed E-state index contributed by atoms with van der Waals surface area (Å²) in [7, 11) is 0. The molecule has 0 amide bonds. The summed E-state index contributed by atoms with van der Waals surface area (Å²) in [5.41, 5.74) is -0.193. The fraction of sp³-hybridized carbons (Fsp3) is 0.0667. The van der Waals surface area contributed by atoms with E-state index in [9.17, 15) is 19.7 Å². The molecule has 0 bridgehead atoms. The number of esters is 1. The van der Waals surface area contributed by atoms with Crippen LogP contribution < -0.4 is 0 Å². The third-order valence-corrected chi connectivity index (χ3v) is 3.81. The second-order valence-corrected chi connectivity index (χ2v) is 5.80. The lowest BCUT2D eigenvalue weighted by atomic mass is 10.1. The first-order chi connectivity index (χ1) is 11.3. The number of ketones is 1. The van der Waals surface area contributed by atoms with E-state index in [1.807, 2.05) is 0 Å². The van der Waals surface area contributed by atoms with Crippen molar-refractivity contribution in [3.8, 4) is 0 Å². The normalized spacial score (nSPS) is 10.3.